The highest BCUT2D eigenvalue weighted by molar-refractivity contribution is 7.89. The summed E-state index contributed by atoms with van der Waals surface area (Å²) >= 11 is 0. The number of nitrogens with zero attached hydrogens (tertiary/aromatic N) is 1. The summed E-state index contributed by atoms with van der Waals surface area (Å²) in [6.07, 6.45) is 0. The van der Waals surface area contributed by atoms with E-state index in [2.05, 4.69) is 5.32 Å². The number of nitrogens with one attached hydrogen (secondary N) is 1. The van der Waals surface area contributed by atoms with E-state index in [1.54, 1.807) is 24.3 Å². The predicted octanol–water partition coefficient (Wildman–Crippen LogP) is 3.51. The lowest BCUT2D eigenvalue weighted by molar-refractivity contribution is 0.0730. The minimum absolute atomic E-state index is 0.172. The summed E-state index contributed by atoms with van der Waals surface area (Å²) in [6, 6.07) is 17.0. The molecule has 1 fully saturated rings. The van der Waals surface area contributed by atoms with E-state index in [4.69, 9.17) is 4.74 Å². The monoisotopic (exact) mass is 472 g/mol. The molecule has 0 saturated carbocycles. The van der Waals surface area contributed by atoms with Crippen molar-refractivity contribution in [3.63, 3.8) is 0 Å². The first kappa shape index (κ1) is 23.0. The maximum atomic E-state index is 14.6. The Morgan fingerprint density at radius 3 is 2.21 bits per heavy atom. The number of hydrogen-bond donors (Lipinski definition) is 1. The lowest BCUT2D eigenvalue weighted by Crippen LogP contribution is -2.40. The second-order valence-corrected chi connectivity index (χ2v) is 9.46. The van der Waals surface area contributed by atoms with Gasteiger partial charge in [0.1, 0.15) is 11.6 Å². The third-order valence-corrected chi connectivity index (χ3v) is 7.30. The van der Waals surface area contributed by atoms with Crippen molar-refractivity contribution < 1.29 is 26.7 Å². The molecule has 1 N–H and O–H groups in total. The fourth-order valence-electron chi connectivity index (χ4n) is 3.64. The summed E-state index contributed by atoms with van der Waals surface area (Å²) in [6.45, 7) is 0.901. The van der Waals surface area contributed by atoms with E-state index in [1.165, 1.54) is 28.6 Å². The smallest absolute Gasteiger partial charge is 0.255 e. The van der Waals surface area contributed by atoms with E-state index in [0.29, 0.717) is 11.1 Å². The van der Waals surface area contributed by atoms with Crippen molar-refractivity contribution in [2.75, 3.05) is 26.3 Å². The maximum Gasteiger partial charge on any atom is 0.255 e. The van der Waals surface area contributed by atoms with Gasteiger partial charge >= 0.3 is 0 Å². The van der Waals surface area contributed by atoms with Gasteiger partial charge in [-0.1, -0.05) is 42.5 Å². The minimum Gasteiger partial charge on any atom is -0.379 e. The molecule has 33 heavy (non-hydrogen) atoms. The average Bonchev–Trinajstić information content (AvgIpc) is 2.84. The Labute approximate surface area is 190 Å². The fourth-order valence-corrected chi connectivity index (χ4v) is 5.08. The first-order chi connectivity index (χ1) is 15.9. The van der Waals surface area contributed by atoms with Crippen molar-refractivity contribution in [2.24, 2.45) is 0 Å². The second kappa shape index (κ2) is 9.78. The third kappa shape index (κ3) is 5.11. The van der Waals surface area contributed by atoms with Gasteiger partial charge in [-0.05, 0) is 41.5 Å². The van der Waals surface area contributed by atoms with Crippen LogP contribution in [0.3, 0.4) is 0 Å². The van der Waals surface area contributed by atoms with E-state index >= 15 is 0 Å². The van der Waals surface area contributed by atoms with Crippen LogP contribution in [0.15, 0.2) is 77.7 Å². The Kier molecular flexibility index (Phi) is 6.83. The molecule has 0 bridgehead atoms. The number of rotatable bonds is 6. The van der Waals surface area contributed by atoms with Crippen LogP contribution in [0.2, 0.25) is 0 Å². The molecule has 3 aromatic carbocycles. The summed E-state index contributed by atoms with van der Waals surface area (Å²) in [5, 5.41) is 2.75. The predicted molar refractivity (Wildman–Crippen MR) is 118 cm³/mol. The molecule has 1 amide bonds. The van der Waals surface area contributed by atoms with Crippen LogP contribution in [0.25, 0.3) is 0 Å². The van der Waals surface area contributed by atoms with Crippen molar-refractivity contribution in [2.45, 2.75) is 10.9 Å². The number of amides is 1. The van der Waals surface area contributed by atoms with Crippen LogP contribution >= 0.6 is 0 Å². The van der Waals surface area contributed by atoms with E-state index in [1.807, 2.05) is 6.07 Å². The number of carbonyl (C=O) groups excluding carboxylic acids is 1. The minimum atomic E-state index is -3.91. The molecule has 3 aromatic rings. The molecule has 6 nitrogen and oxygen atoms in total. The zero-order valence-electron chi connectivity index (χ0n) is 17.6. The molecule has 0 radical (unpaired) electrons. The first-order valence-electron chi connectivity index (χ1n) is 10.3. The van der Waals surface area contributed by atoms with Gasteiger partial charge in [-0.3, -0.25) is 4.79 Å². The molecule has 1 atom stereocenters. The van der Waals surface area contributed by atoms with E-state index in [0.717, 1.165) is 18.2 Å². The SMILES string of the molecule is O=C(NC(c1ccccc1)c1ccc(F)cc1)c1cc(S(=O)(=O)N2CCOCC2)ccc1F. The summed E-state index contributed by atoms with van der Waals surface area (Å²) in [5.41, 5.74) is 0.899. The number of morpholine rings is 1. The zero-order valence-corrected chi connectivity index (χ0v) is 18.4. The summed E-state index contributed by atoms with van der Waals surface area (Å²) < 4.78 is 60.4. The van der Waals surface area contributed by atoms with Crippen LogP contribution in [0.4, 0.5) is 8.78 Å². The van der Waals surface area contributed by atoms with E-state index in [9.17, 15) is 22.0 Å². The molecule has 0 aliphatic carbocycles. The molecule has 9 heteroatoms. The number of ether oxygens (including phenoxy) is 1. The van der Waals surface area contributed by atoms with Gasteiger partial charge in [0.05, 0.1) is 29.7 Å². The van der Waals surface area contributed by atoms with Crippen LogP contribution in [-0.4, -0.2) is 44.9 Å². The number of carbonyl (C=O) groups is 1. The van der Waals surface area contributed by atoms with Gasteiger partial charge < -0.3 is 10.1 Å². The average molecular weight is 473 g/mol. The molecule has 1 aliphatic rings. The molecule has 1 unspecified atom stereocenters. The maximum absolute atomic E-state index is 14.6. The van der Waals surface area contributed by atoms with Crippen LogP contribution in [-0.2, 0) is 14.8 Å². The topological polar surface area (TPSA) is 75.7 Å². The van der Waals surface area contributed by atoms with Crippen LogP contribution < -0.4 is 5.32 Å². The summed E-state index contributed by atoms with van der Waals surface area (Å²) in [7, 11) is -3.91. The van der Waals surface area contributed by atoms with Gasteiger partial charge in [0.25, 0.3) is 5.91 Å². The highest BCUT2D eigenvalue weighted by atomic mass is 32.2. The largest absolute Gasteiger partial charge is 0.379 e. The van der Waals surface area contributed by atoms with Gasteiger partial charge in [0.15, 0.2) is 0 Å². The Morgan fingerprint density at radius 1 is 0.909 bits per heavy atom. The second-order valence-electron chi connectivity index (χ2n) is 7.53. The molecule has 4 rings (SSSR count). The van der Waals surface area contributed by atoms with Crippen molar-refractivity contribution in [1.82, 2.24) is 9.62 Å². The Balaban J connectivity index is 1.66. The van der Waals surface area contributed by atoms with Crippen molar-refractivity contribution in [3.05, 3.63) is 101 Å². The highest BCUT2D eigenvalue weighted by Crippen LogP contribution is 2.25. The molecule has 0 aromatic heterocycles. The van der Waals surface area contributed by atoms with Gasteiger partial charge in [-0.2, -0.15) is 4.31 Å². The van der Waals surface area contributed by atoms with Crippen molar-refractivity contribution in [1.29, 1.82) is 0 Å². The zero-order chi connectivity index (χ0) is 23.4. The fraction of sp³-hybridized carbons (Fsp3) is 0.208. The van der Waals surface area contributed by atoms with E-state index < -0.39 is 39.2 Å². The molecule has 172 valence electrons. The number of sulfonamides is 1. The third-order valence-electron chi connectivity index (χ3n) is 5.40. The van der Waals surface area contributed by atoms with Gasteiger partial charge in [-0.25, -0.2) is 17.2 Å². The number of benzene rings is 3. The lowest BCUT2D eigenvalue weighted by atomic mass is 9.98. The molecule has 0 spiro atoms. The molecular weight excluding hydrogens is 450 g/mol. The molecule has 1 heterocycles. The highest BCUT2D eigenvalue weighted by Gasteiger charge is 2.28. The van der Waals surface area contributed by atoms with Crippen molar-refractivity contribution in [3.8, 4) is 0 Å². The Morgan fingerprint density at radius 2 is 1.55 bits per heavy atom. The summed E-state index contributed by atoms with van der Waals surface area (Å²) in [5.74, 6) is -2.06. The number of halogens is 2. The molecular formula is C24H22F2N2O4S. The normalized spacial score (nSPS) is 15.7. The van der Waals surface area contributed by atoms with Crippen LogP contribution in [0.1, 0.15) is 27.5 Å². The lowest BCUT2D eigenvalue weighted by Gasteiger charge is -2.26. The van der Waals surface area contributed by atoms with Crippen LogP contribution in [0, 0.1) is 11.6 Å². The van der Waals surface area contributed by atoms with Crippen molar-refractivity contribution >= 4 is 15.9 Å². The van der Waals surface area contributed by atoms with Gasteiger partial charge in [-0.15, -0.1) is 0 Å². The molecule has 1 saturated heterocycles. The quantitative estimate of drug-likeness (QED) is 0.596. The first-order valence-corrected chi connectivity index (χ1v) is 11.8. The van der Waals surface area contributed by atoms with Gasteiger partial charge in [0, 0.05) is 13.1 Å². The summed E-state index contributed by atoms with van der Waals surface area (Å²) in [4.78, 5) is 12.9. The molecule has 1 aliphatic heterocycles. The van der Waals surface area contributed by atoms with Gasteiger partial charge in [0.2, 0.25) is 10.0 Å². The van der Waals surface area contributed by atoms with E-state index in [-0.39, 0.29) is 31.2 Å². The Hall–Kier alpha value is -3.14. The number of hydrogen-bond acceptors (Lipinski definition) is 4. The van der Waals surface area contributed by atoms with Crippen LogP contribution in [0.5, 0.6) is 0 Å². The Bertz CT molecular complexity index is 1230. The standard InChI is InChI=1S/C24H22F2N2O4S/c25-19-8-6-18(7-9-19)23(17-4-2-1-3-5-17)27-24(29)21-16-20(10-11-22(21)26)33(30,31)28-12-14-32-15-13-28/h1-11,16,23H,12-15H2,(H,27,29).